The van der Waals surface area contributed by atoms with Crippen molar-refractivity contribution in [1.29, 1.82) is 0 Å². The van der Waals surface area contributed by atoms with Crippen molar-refractivity contribution in [2.45, 2.75) is 44.2 Å². The standard InChI is InChI=1S/C18H24FN3O4S/c1-18(17(24)20-14-7-3-4-8-14)12-21(27(2,25)26)11-16(23)22(18)15-9-5-6-13(19)10-15/h5-6,9-10,14H,3-4,7-8,11-12H2,1-2H3,(H,20,24)/t18-/m1/s1. The highest BCUT2D eigenvalue weighted by atomic mass is 32.2. The third-order valence-corrected chi connectivity index (χ3v) is 6.45. The number of piperazine rings is 1. The van der Waals surface area contributed by atoms with Crippen molar-refractivity contribution in [3.8, 4) is 0 Å². The average molecular weight is 397 g/mol. The van der Waals surface area contributed by atoms with Crippen LogP contribution >= 0.6 is 0 Å². The van der Waals surface area contributed by atoms with Gasteiger partial charge in [0, 0.05) is 18.3 Å². The predicted molar refractivity (Wildman–Crippen MR) is 99.1 cm³/mol. The zero-order chi connectivity index (χ0) is 19.8. The van der Waals surface area contributed by atoms with Gasteiger partial charge in [-0.25, -0.2) is 12.8 Å². The first-order valence-electron chi connectivity index (χ1n) is 8.96. The van der Waals surface area contributed by atoms with Crippen molar-refractivity contribution in [1.82, 2.24) is 9.62 Å². The minimum atomic E-state index is -3.67. The van der Waals surface area contributed by atoms with Gasteiger partial charge in [-0.2, -0.15) is 4.31 Å². The topological polar surface area (TPSA) is 86.8 Å². The number of sulfonamides is 1. The second-order valence-electron chi connectivity index (χ2n) is 7.47. The van der Waals surface area contributed by atoms with Gasteiger partial charge in [-0.05, 0) is 38.0 Å². The molecule has 2 aliphatic rings. The molecule has 3 rings (SSSR count). The fraction of sp³-hybridized carbons (Fsp3) is 0.556. The van der Waals surface area contributed by atoms with E-state index < -0.39 is 33.2 Å². The Labute approximate surface area is 158 Å². The summed E-state index contributed by atoms with van der Waals surface area (Å²) in [6.45, 7) is 0.950. The lowest BCUT2D eigenvalue weighted by Gasteiger charge is -2.46. The zero-order valence-electron chi connectivity index (χ0n) is 15.4. The van der Waals surface area contributed by atoms with Crippen LogP contribution in [0.3, 0.4) is 0 Å². The maximum absolute atomic E-state index is 13.8. The van der Waals surface area contributed by atoms with E-state index >= 15 is 0 Å². The molecule has 1 atom stereocenters. The van der Waals surface area contributed by atoms with Crippen LogP contribution in [0.1, 0.15) is 32.6 Å². The Hall–Kier alpha value is -2.00. The smallest absolute Gasteiger partial charge is 0.247 e. The van der Waals surface area contributed by atoms with Gasteiger partial charge < -0.3 is 5.32 Å². The monoisotopic (exact) mass is 397 g/mol. The number of halogens is 1. The Kier molecular flexibility index (Phi) is 5.27. The Balaban J connectivity index is 2.00. The molecule has 1 aliphatic heterocycles. The number of nitrogens with zero attached hydrogens (tertiary/aromatic N) is 2. The highest BCUT2D eigenvalue weighted by Gasteiger charge is 2.50. The second-order valence-corrected chi connectivity index (χ2v) is 9.45. The molecule has 1 saturated carbocycles. The van der Waals surface area contributed by atoms with Gasteiger partial charge in [0.05, 0.1) is 12.8 Å². The lowest BCUT2D eigenvalue weighted by atomic mass is 9.94. The molecule has 7 nitrogen and oxygen atoms in total. The summed E-state index contributed by atoms with van der Waals surface area (Å²) >= 11 is 0. The summed E-state index contributed by atoms with van der Waals surface area (Å²) in [4.78, 5) is 27.2. The van der Waals surface area contributed by atoms with Crippen molar-refractivity contribution in [3.05, 3.63) is 30.1 Å². The van der Waals surface area contributed by atoms with Gasteiger partial charge in [0.25, 0.3) is 0 Å². The van der Waals surface area contributed by atoms with Crippen LogP contribution in [0, 0.1) is 5.82 Å². The maximum atomic E-state index is 13.8. The minimum Gasteiger partial charge on any atom is -0.351 e. The van der Waals surface area contributed by atoms with E-state index in [1.165, 1.54) is 36.1 Å². The summed E-state index contributed by atoms with van der Waals surface area (Å²) in [5, 5.41) is 2.95. The van der Waals surface area contributed by atoms with E-state index in [-0.39, 0.29) is 24.8 Å². The van der Waals surface area contributed by atoms with Crippen molar-refractivity contribution >= 4 is 27.5 Å². The molecule has 1 aromatic rings. The van der Waals surface area contributed by atoms with Gasteiger partial charge >= 0.3 is 0 Å². The largest absolute Gasteiger partial charge is 0.351 e. The molecule has 27 heavy (non-hydrogen) atoms. The van der Waals surface area contributed by atoms with Crippen molar-refractivity contribution in [2.75, 3.05) is 24.2 Å². The number of hydrogen-bond acceptors (Lipinski definition) is 4. The molecule has 2 fully saturated rings. The molecule has 1 heterocycles. The summed E-state index contributed by atoms with van der Waals surface area (Å²) in [6, 6.07) is 5.42. The minimum absolute atomic E-state index is 0.00685. The number of benzene rings is 1. The average Bonchev–Trinajstić information content (AvgIpc) is 3.06. The van der Waals surface area contributed by atoms with Gasteiger partial charge in [-0.15, -0.1) is 0 Å². The van der Waals surface area contributed by atoms with Crippen LogP contribution in [0.15, 0.2) is 24.3 Å². The third kappa shape index (κ3) is 3.98. The molecule has 1 aromatic carbocycles. The van der Waals surface area contributed by atoms with E-state index in [0.29, 0.717) is 0 Å². The SMILES string of the molecule is C[C@]1(C(=O)NC2CCCC2)CN(S(C)(=O)=O)CC(=O)N1c1cccc(F)c1. The second kappa shape index (κ2) is 7.20. The number of carbonyl (C=O) groups is 2. The Morgan fingerprint density at radius 2 is 1.96 bits per heavy atom. The molecule has 1 N–H and O–H groups in total. The third-order valence-electron chi connectivity index (χ3n) is 5.25. The number of rotatable bonds is 4. The van der Waals surface area contributed by atoms with Gasteiger partial charge in [0.1, 0.15) is 11.4 Å². The van der Waals surface area contributed by atoms with Gasteiger partial charge in [0.15, 0.2) is 0 Å². The summed E-state index contributed by atoms with van der Waals surface area (Å²) in [7, 11) is -3.67. The number of hydrogen-bond donors (Lipinski definition) is 1. The fourth-order valence-corrected chi connectivity index (χ4v) is 4.66. The van der Waals surface area contributed by atoms with Gasteiger partial charge in [-0.3, -0.25) is 14.5 Å². The van der Waals surface area contributed by atoms with Crippen molar-refractivity contribution < 1.29 is 22.4 Å². The van der Waals surface area contributed by atoms with Crippen molar-refractivity contribution in [3.63, 3.8) is 0 Å². The van der Waals surface area contributed by atoms with Gasteiger partial charge in [0.2, 0.25) is 21.8 Å². The molecule has 1 saturated heterocycles. The highest BCUT2D eigenvalue weighted by Crippen LogP contribution is 2.31. The first kappa shape index (κ1) is 19.8. The molecule has 0 spiro atoms. The first-order chi connectivity index (χ1) is 12.6. The Bertz CT molecular complexity index is 854. The van der Waals surface area contributed by atoms with E-state index in [9.17, 15) is 22.4 Å². The number of carbonyl (C=O) groups excluding carboxylic acids is 2. The van der Waals surface area contributed by atoms with E-state index in [1.807, 2.05) is 0 Å². The van der Waals surface area contributed by atoms with E-state index in [4.69, 9.17) is 0 Å². The normalized spacial score (nSPS) is 25.0. The predicted octanol–water partition coefficient (Wildman–Crippen LogP) is 1.25. The van der Waals surface area contributed by atoms with Crippen LogP contribution in [0.25, 0.3) is 0 Å². The summed E-state index contributed by atoms with van der Waals surface area (Å²) in [6.07, 6.45) is 4.75. The number of amides is 2. The number of anilines is 1. The molecule has 0 aromatic heterocycles. The van der Waals surface area contributed by atoms with Crippen LogP contribution in [0.4, 0.5) is 10.1 Å². The molecular weight excluding hydrogens is 373 g/mol. The molecule has 148 valence electrons. The van der Waals surface area contributed by atoms with Crippen LogP contribution < -0.4 is 10.2 Å². The van der Waals surface area contributed by atoms with E-state index in [2.05, 4.69) is 5.32 Å². The quantitative estimate of drug-likeness (QED) is 0.829. The van der Waals surface area contributed by atoms with Crippen LogP contribution in [0.2, 0.25) is 0 Å². The van der Waals surface area contributed by atoms with Crippen molar-refractivity contribution in [2.24, 2.45) is 0 Å². The summed E-state index contributed by atoms with van der Waals surface area (Å²) in [5.41, 5.74) is -1.24. The Morgan fingerprint density at radius 3 is 2.56 bits per heavy atom. The summed E-state index contributed by atoms with van der Waals surface area (Å²) in [5.74, 6) is -1.54. The van der Waals surface area contributed by atoms with Crippen LogP contribution in [0.5, 0.6) is 0 Å². The zero-order valence-corrected chi connectivity index (χ0v) is 16.3. The van der Waals surface area contributed by atoms with E-state index in [1.54, 1.807) is 0 Å². The first-order valence-corrected chi connectivity index (χ1v) is 10.8. The highest BCUT2D eigenvalue weighted by molar-refractivity contribution is 7.88. The summed E-state index contributed by atoms with van der Waals surface area (Å²) < 4.78 is 38.8. The molecule has 2 amide bonds. The van der Waals surface area contributed by atoms with Gasteiger partial charge in [-0.1, -0.05) is 18.9 Å². The Morgan fingerprint density at radius 1 is 1.30 bits per heavy atom. The fourth-order valence-electron chi connectivity index (χ4n) is 3.83. The lowest BCUT2D eigenvalue weighted by molar-refractivity contribution is -0.133. The molecule has 0 radical (unpaired) electrons. The maximum Gasteiger partial charge on any atom is 0.247 e. The van der Waals surface area contributed by atoms with Crippen LogP contribution in [-0.4, -0.2) is 55.5 Å². The van der Waals surface area contributed by atoms with E-state index in [0.717, 1.165) is 36.2 Å². The molecule has 0 unspecified atom stereocenters. The molecule has 1 aliphatic carbocycles. The van der Waals surface area contributed by atoms with Crippen LogP contribution in [-0.2, 0) is 19.6 Å². The number of nitrogens with one attached hydrogen (secondary N) is 1. The molecular formula is C18H24FN3O4S. The lowest BCUT2D eigenvalue weighted by Crippen LogP contribution is -2.70. The molecule has 9 heteroatoms. The molecule has 0 bridgehead atoms.